The molecule has 2 heterocycles. The molecule has 0 bridgehead atoms. The van der Waals surface area contributed by atoms with Crippen LogP contribution in [0, 0.1) is 0 Å². The van der Waals surface area contributed by atoms with Crippen molar-refractivity contribution in [3.8, 4) is 23.0 Å². The predicted octanol–water partition coefficient (Wildman–Crippen LogP) is 4.25. The lowest BCUT2D eigenvalue weighted by Crippen LogP contribution is -2.03. The van der Waals surface area contributed by atoms with Crippen LogP contribution >= 0.6 is 23.0 Å². The summed E-state index contributed by atoms with van der Waals surface area (Å²) in [4.78, 5) is 8.73. The van der Waals surface area contributed by atoms with Gasteiger partial charge in [0.05, 0.1) is 24.9 Å². The van der Waals surface area contributed by atoms with Crippen molar-refractivity contribution in [2.24, 2.45) is 0 Å². The number of aromatic nitrogens is 4. The first-order valence-corrected chi connectivity index (χ1v) is 9.66. The molecule has 8 heteroatoms. The third-order valence-corrected chi connectivity index (χ3v) is 4.78. The van der Waals surface area contributed by atoms with E-state index in [1.165, 1.54) is 0 Å². The Labute approximate surface area is 176 Å². The van der Waals surface area contributed by atoms with Gasteiger partial charge in [0.1, 0.15) is 11.4 Å². The summed E-state index contributed by atoms with van der Waals surface area (Å²) in [6.07, 6.45) is 1.56. The topological polar surface area (TPSA) is 88.1 Å². The Morgan fingerprint density at radius 1 is 1.11 bits per heavy atom. The van der Waals surface area contributed by atoms with E-state index in [-0.39, 0.29) is 5.82 Å². The zero-order valence-electron chi connectivity index (χ0n) is 15.2. The Morgan fingerprint density at radius 2 is 1.89 bits per heavy atom. The van der Waals surface area contributed by atoms with Gasteiger partial charge in [0, 0.05) is 5.39 Å². The molecule has 4 rings (SSSR count). The zero-order valence-corrected chi connectivity index (χ0v) is 17.3. The first-order valence-electron chi connectivity index (χ1n) is 8.78. The van der Waals surface area contributed by atoms with Crippen molar-refractivity contribution in [1.82, 2.24) is 19.7 Å². The average molecular weight is 487 g/mol. The number of benzene rings is 2. The van der Waals surface area contributed by atoms with Crippen LogP contribution in [0.4, 0.5) is 5.82 Å². The molecule has 2 aromatic heterocycles. The third kappa shape index (κ3) is 3.59. The van der Waals surface area contributed by atoms with Gasteiger partial charge in [0.25, 0.3) is 0 Å². The molecule has 0 saturated heterocycles. The van der Waals surface area contributed by atoms with Crippen LogP contribution < -0.4 is 13.5 Å². The number of halogens is 1. The zero-order chi connectivity index (χ0) is 19.5. The van der Waals surface area contributed by atoms with E-state index in [4.69, 9.17) is 18.6 Å². The van der Waals surface area contributed by atoms with Gasteiger partial charge in [-0.05, 0) is 30.7 Å². The second-order valence-corrected chi connectivity index (χ2v) is 6.56. The molecule has 0 radical (unpaired) electrons. The highest BCUT2D eigenvalue weighted by Gasteiger charge is 2.16. The van der Waals surface area contributed by atoms with Crippen LogP contribution in [0.3, 0.4) is 0 Å². The van der Waals surface area contributed by atoms with Crippen molar-refractivity contribution >= 4 is 39.7 Å². The van der Waals surface area contributed by atoms with E-state index < -0.39 is 0 Å². The van der Waals surface area contributed by atoms with Crippen molar-refractivity contribution in [2.45, 2.75) is 13.5 Å². The van der Waals surface area contributed by atoms with Crippen molar-refractivity contribution in [1.29, 1.82) is 0 Å². The number of rotatable bonds is 6. The second-order valence-electron chi connectivity index (χ2n) is 6.12. The normalized spacial score (nSPS) is 10.9. The van der Waals surface area contributed by atoms with Crippen LogP contribution in [0.2, 0.25) is 0 Å². The van der Waals surface area contributed by atoms with Gasteiger partial charge >= 0.3 is 0 Å². The quantitative estimate of drug-likeness (QED) is 0.410. The average Bonchev–Trinajstić information content (AvgIpc) is 3.08. The molecule has 0 saturated carbocycles. The number of anilines is 1. The molecule has 2 N–H and O–H groups in total. The van der Waals surface area contributed by atoms with Gasteiger partial charge in [0.15, 0.2) is 40.4 Å². The Bertz CT molecular complexity index is 1110. The lowest BCUT2D eigenvalue weighted by Gasteiger charge is -2.06. The molecule has 0 aliphatic rings. The van der Waals surface area contributed by atoms with E-state index in [1.807, 2.05) is 60.1 Å². The predicted molar refractivity (Wildman–Crippen MR) is 117 cm³/mol. The maximum Gasteiger partial charge on any atom is 0.193 e. The van der Waals surface area contributed by atoms with Gasteiger partial charge < -0.3 is 13.5 Å². The van der Waals surface area contributed by atoms with Crippen LogP contribution in [-0.2, 0) is 6.54 Å². The fourth-order valence-electron chi connectivity index (χ4n) is 3.00. The van der Waals surface area contributed by atoms with Gasteiger partial charge in [-0.2, -0.15) is 5.10 Å². The van der Waals surface area contributed by atoms with E-state index in [2.05, 4.69) is 9.97 Å². The number of para-hydroxylation sites is 1. The van der Waals surface area contributed by atoms with E-state index in [0.717, 1.165) is 22.2 Å². The first kappa shape index (κ1) is 18.5. The number of nitrogens with two attached hydrogens (primary N) is 1. The SMILES string of the molecule is CCOc1ccc(Cn2nc(-c3ncc(OI)c(N)n3)c3ccccc32)cc1. The Hall–Kier alpha value is -2.88. The molecule has 142 valence electrons. The summed E-state index contributed by atoms with van der Waals surface area (Å²) in [7, 11) is 0. The van der Waals surface area contributed by atoms with Gasteiger partial charge in [-0.1, -0.05) is 30.3 Å². The highest BCUT2D eigenvalue weighted by molar-refractivity contribution is 14.1. The molecule has 0 unspecified atom stereocenters. The maximum absolute atomic E-state index is 5.96. The minimum absolute atomic E-state index is 0.282. The lowest BCUT2D eigenvalue weighted by molar-refractivity contribution is 0.340. The fraction of sp³-hybridized carbons (Fsp3) is 0.150. The van der Waals surface area contributed by atoms with Gasteiger partial charge in [-0.3, -0.25) is 4.68 Å². The maximum atomic E-state index is 5.96. The fourth-order valence-corrected chi connectivity index (χ4v) is 3.34. The Morgan fingerprint density at radius 3 is 2.61 bits per heavy atom. The highest BCUT2D eigenvalue weighted by Crippen LogP contribution is 2.29. The van der Waals surface area contributed by atoms with Crippen molar-refractivity contribution in [2.75, 3.05) is 12.3 Å². The molecule has 0 aliphatic carbocycles. The van der Waals surface area contributed by atoms with Crippen LogP contribution in [-0.4, -0.2) is 26.4 Å². The molecule has 0 fully saturated rings. The monoisotopic (exact) mass is 487 g/mol. The summed E-state index contributed by atoms with van der Waals surface area (Å²) < 4.78 is 12.6. The second kappa shape index (κ2) is 8.01. The first-order chi connectivity index (χ1) is 13.7. The molecule has 7 nitrogen and oxygen atoms in total. The van der Waals surface area contributed by atoms with Crippen LogP contribution in [0.5, 0.6) is 11.5 Å². The molecule has 0 spiro atoms. The van der Waals surface area contributed by atoms with Crippen molar-refractivity contribution < 1.29 is 7.80 Å². The van der Waals surface area contributed by atoms with Crippen LogP contribution in [0.1, 0.15) is 12.5 Å². The summed E-state index contributed by atoms with van der Waals surface area (Å²) in [5.74, 6) is 2.04. The van der Waals surface area contributed by atoms with Gasteiger partial charge in [0.2, 0.25) is 0 Å². The minimum atomic E-state index is 0.282. The number of ether oxygens (including phenoxy) is 1. The van der Waals surface area contributed by atoms with E-state index in [9.17, 15) is 0 Å². The Balaban J connectivity index is 1.73. The number of nitrogen functional groups attached to an aromatic ring is 1. The van der Waals surface area contributed by atoms with E-state index in [0.29, 0.717) is 30.4 Å². The smallest absolute Gasteiger partial charge is 0.193 e. The molecule has 28 heavy (non-hydrogen) atoms. The summed E-state index contributed by atoms with van der Waals surface area (Å²) in [5.41, 5.74) is 8.77. The standard InChI is InChI=1S/C20H18IN5O2/c1-2-27-14-9-7-13(8-10-14)12-26-16-6-4-3-5-15(16)18(25-26)20-23-11-17(28-21)19(22)24-20/h3-11H,2,12H2,1H3,(H2,22,23,24). The lowest BCUT2D eigenvalue weighted by atomic mass is 10.2. The molecule has 4 aromatic rings. The Kier molecular flexibility index (Phi) is 5.29. The molecule has 0 aliphatic heterocycles. The molecular formula is C20H18IN5O2. The van der Waals surface area contributed by atoms with E-state index in [1.54, 1.807) is 29.2 Å². The van der Waals surface area contributed by atoms with Crippen LogP contribution in [0.15, 0.2) is 54.7 Å². The molecular weight excluding hydrogens is 469 g/mol. The summed E-state index contributed by atoms with van der Waals surface area (Å²) in [6, 6.07) is 16.0. The largest absolute Gasteiger partial charge is 0.494 e. The van der Waals surface area contributed by atoms with E-state index >= 15 is 0 Å². The number of hydrogen-bond acceptors (Lipinski definition) is 6. The summed E-state index contributed by atoms with van der Waals surface area (Å²) in [6.45, 7) is 3.24. The number of fused-ring (bicyclic) bond motifs is 1. The van der Waals surface area contributed by atoms with Crippen molar-refractivity contribution in [3.05, 3.63) is 60.3 Å². The number of hydrogen-bond donors (Lipinski definition) is 1. The summed E-state index contributed by atoms with van der Waals surface area (Å²) in [5, 5.41) is 5.74. The minimum Gasteiger partial charge on any atom is -0.494 e. The van der Waals surface area contributed by atoms with Gasteiger partial charge in [-0.15, -0.1) is 0 Å². The summed E-state index contributed by atoms with van der Waals surface area (Å²) >= 11 is 1.75. The molecule has 0 atom stereocenters. The molecule has 2 aromatic carbocycles. The van der Waals surface area contributed by atoms with Gasteiger partial charge in [-0.25, -0.2) is 9.97 Å². The van der Waals surface area contributed by atoms with Crippen LogP contribution in [0.25, 0.3) is 22.4 Å². The third-order valence-electron chi connectivity index (χ3n) is 4.30. The number of nitrogens with zero attached hydrogens (tertiary/aromatic N) is 4. The highest BCUT2D eigenvalue weighted by atomic mass is 127. The molecule has 0 amide bonds. The van der Waals surface area contributed by atoms with Crippen molar-refractivity contribution in [3.63, 3.8) is 0 Å².